The first-order chi connectivity index (χ1) is 8.16. The third-order valence-electron chi connectivity index (χ3n) is 3.17. The average Bonchev–Trinajstić information content (AvgIpc) is 2.84. The molecule has 1 amide bonds. The summed E-state index contributed by atoms with van der Waals surface area (Å²) >= 11 is 0. The number of nitrogens with two attached hydrogens (primary N) is 1. The maximum atomic E-state index is 11.8. The van der Waals surface area contributed by atoms with E-state index >= 15 is 0 Å². The third-order valence-corrected chi connectivity index (χ3v) is 3.17. The van der Waals surface area contributed by atoms with Crippen molar-refractivity contribution in [1.29, 1.82) is 0 Å². The van der Waals surface area contributed by atoms with Crippen molar-refractivity contribution in [3.8, 4) is 0 Å². The Kier molecular flexibility index (Phi) is 3.52. The van der Waals surface area contributed by atoms with E-state index in [0.717, 1.165) is 42.9 Å². The molecule has 0 atom stereocenters. The number of aryl methyl sites for hydroxylation is 1. The molecule has 4 nitrogen and oxygen atoms in total. The Hall–Kier alpha value is -1.71. The molecule has 17 heavy (non-hydrogen) atoms. The van der Waals surface area contributed by atoms with Gasteiger partial charge in [-0.15, -0.1) is 0 Å². The molecule has 1 aliphatic heterocycles. The predicted molar refractivity (Wildman–Crippen MR) is 69.9 cm³/mol. The minimum Gasteiger partial charge on any atom is -0.399 e. The molecule has 2 rings (SSSR count). The molecule has 1 saturated heterocycles. The first-order valence-electron chi connectivity index (χ1n) is 6.04. The molecule has 1 aliphatic rings. The highest BCUT2D eigenvalue weighted by molar-refractivity contribution is 5.81. The van der Waals surface area contributed by atoms with Crippen LogP contribution in [0.15, 0.2) is 18.2 Å². The number of benzene rings is 1. The number of carbonyl (C=O) groups excluding carboxylic acids is 1. The number of nitrogen functional groups attached to an aromatic ring is 1. The van der Waals surface area contributed by atoms with Gasteiger partial charge in [-0.25, -0.2) is 0 Å². The zero-order valence-corrected chi connectivity index (χ0v) is 10.2. The van der Waals surface area contributed by atoms with E-state index in [1.807, 2.05) is 30.0 Å². The number of likely N-dealkylation sites (tertiary alicyclic amines) is 1. The Bertz CT molecular complexity index is 411. The van der Waals surface area contributed by atoms with E-state index in [1.165, 1.54) is 0 Å². The predicted octanol–water partition coefficient (Wildman–Crippen LogP) is 1.61. The van der Waals surface area contributed by atoms with Gasteiger partial charge in [-0.2, -0.15) is 0 Å². The highest BCUT2D eigenvalue weighted by atomic mass is 16.2. The van der Waals surface area contributed by atoms with Crippen LogP contribution < -0.4 is 11.1 Å². The molecular formula is C13H19N3O. The van der Waals surface area contributed by atoms with Gasteiger partial charge < -0.3 is 16.0 Å². The Balaban J connectivity index is 1.88. The fraction of sp³-hybridized carbons (Fsp3) is 0.462. The lowest BCUT2D eigenvalue weighted by molar-refractivity contribution is -0.128. The summed E-state index contributed by atoms with van der Waals surface area (Å²) in [6.07, 6.45) is 2.26. The zero-order chi connectivity index (χ0) is 12.3. The lowest BCUT2D eigenvalue weighted by Gasteiger charge is -2.16. The summed E-state index contributed by atoms with van der Waals surface area (Å²) in [7, 11) is 0. The van der Waals surface area contributed by atoms with Gasteiger partial charge in [0.05, 0.1) is 6.54 Å². The minimum absolute atomic E-state index is 0.178. The smallest absolute Gasteiger partial charge is 0.241 e. The number of nitrogens with zero attached hydrogens (tertiary/aromatic N) is 1. The van der Waals surface area contributed by atoms with E-state index < -0.39 is 0 Å². The van der Waals surface area contributed by atoms with Gasteiger partial charge in [0.1, 0.15) is 0 Å². The van der Waals surface area contributed by atoms with Gasteiger partial charge in [0.25, 0.3) is 0 Å². The SMILES string of the molecule is Cc1cc(NCC(=O)N2CCCC2)ccc1N. The molecule has 0 aromatic heterocycles. The summed E-state index contributed by atoms with van der Waals surface area (Å²) in [5.74, 6) is 0.178. The monoisotopic (exact) mass is 233 g/mol. The van der Waals surface area contributed by atoms with Crippen molar-refractivity contribution < 1.29 is 4.79 Å². The van der Waals surface area contributed by atoms with Crippen LogP contribution in [0.4, 0.5) is 11.4 Å². The van der Waals surface area contributed by atoms with Crippen LogP contribution in [0.2, 0.25) is 0 Å². The second kappa shape index (κ2) is 5.08. The topological polar surface area (TPSA) is 58.4 Å². The first-order valence-corrected chi connectivity index (χ1v) is 6.04. The van der Waals surface area contributed by atoms with E-state index in [2.05, 4.69) is 5.32 Å². The van der Waals surface area contributed by atoms with Crippen LogP contribution >= 0.6 is 0 Å². The molecule has 0 spiro atoms. The highest BCUT2D eigenvalue weighted by Gasteiger charge is 2.17. The van der Waals surface area contributed by atoms with Gasteiger partial charge in [-0.3, -0.25) is 4.79 Å². The molecule has 92 valence electrons. The summed E-state index contributed by atoms with van der Waals surface area (Å²) in [6, 6.07) is 5.73. The van der Waals surface area contributed by atoms with Crippen LogP contribution in [-0.4, -0.2) is 30.4 Å². The van der Waals surface area contributed by atoms with Gasteiger partial charge in [0.15, 0.2) is 0 Å². The average molecular weight is 233 g/mol. The quantitative estimate of drug-likeness (QED) is 0.780. The molecule has 1 aromatic carbocycles. The molecule has 0 saturated carbocycles. The first kappa shape index (κ1) is 11.8. The van der Waals surface area contributed by atoms with Crippen molar-refractivity contribution in [3.63, 3.8) is 0 Å². The van der Waals surface area contributed by atoms with Gasteiger partial charge in [-0.05, 0) is 43.5 Å². The maximum absolute atomic E-state index is 11.8. The van der Waals surface area contributed by atoms with Crippen LogP contribution in [0.25, 0.3) is 0 Å². The minimum atomic E-state index is 0.178. The van der Waals surface area contributed by atoms with Crippen LogP contribution in [0.5, 0.6) is 0 Å². The number of rotatable bonds is 3. The van der Waals surface area contributed by atoms with Crippen LogP contribution in [0, 0.1) is 6.92 Å². The van der Waals surface area contributed by atoms with Crippen LogP contribution in [0.1, 0.15) is 18.4 Å². The van der Waals surface area contributed by atoms with E-state index in [9.17, 15) is 4.79 Å². The summed E-state index contributed by atoms with van der Waals surface area (Å²) in [5.41, 5.74) is 8.50. The van der Waals surface area contributed by atoms with Crippen molar-refractivity contribution in [1.82, 2.24) is 4.90 Å². The van der Waals surface area contributed by atoms with E-state index in [0.29, 0.717) is 6.54 Å². The van der Waals surface area contributed by atoms with Gasteiger partial charge in [-0.1, -0.05) is 0 Å². The van der Waals surface area contributed by atoms with E-state index in [-0.39, 0.29) is 5.91 Å². The van der Waals surface area contributed by atoms with Crippen molar-refractivity contribution in [2.75, 3.05) is 30.7 Å². The van der Waals surface area contributed by atoms with Gasteiger partial charge in [0.2, 0.25) is 5.91 Å². The van der Waals surface area contributed by atoms with Crippen LogP contribution in [0.3, 0.4) is 0 Å². The summed E-state index contributed by atoms with van der Waals surface area (Å²) < 4.78 is 0. The Labute approximate surface area is 102 Å². The zero-order valence-electron chi connectivity index (χ0n) is 10.2. The summed E-state index contributed by atoms with van der Waals surface area (Å²) in [6.45, 7) is 4.13. The third kappa shape index (κ3) is 2.90. The molecule has 0 aliphatic carbocycles. The number of amides is 1. The van der Waals surface area contributed by atoms with Crippen molar-refractivity contribution >= 4 is 17.3 Å². The normalized spacial score (nSPS) is 15.0. The fourth-order valence-corrected chi connectivity index (χ4v) is 2.04. The lowest BCUT2D eigenvalue weighted by atomic mass is 10.2. The van der Waals surface area contributed by atoms with Crippen LogP contribution in [-0.2, 0) is 4.79 Å². The second-order valence-corrected chi connectivity index (χ2v) is 4.51. The highest BCUT2D eigenvalue weighted by Crippen LogP contribution is 2.16. The van der Waals surface area contributed by atoms with Crippen molar-refractivity contribution in [2.24, 2.45) is 0 Å². The molecule has 0 radical (unpaired) electrons. The number of hydrogen-bond acceptors (Lipinski definition) is 3. The number of carbonyl (C=O) groups is 1. The molecule has 1 aromatic rings. The lowest BCUT2D eigenvalue weighted by Crippen LogP contribution is -2.32. The van der Waals surface area contributed by atoms with E-state index in [4.69, 9.17) is 5.73 Å². The molecule has 4 heteroatoms. The molecule has 0 unspecified atom stereocenters. The fourth-order valence-electron chi connectivity index (χ4n) is 2.04. The Morgan fingerprint density at radius 2 is 2.12 bits per heavy atom. The van der Waals surface area contributed by atoms with Gasteiger partial charge >= 0.3 is 0 Å². The number of anilines is 2. The molecule has 1 fully saturated rings. The van der Waals surface area contributed by atoms with Gasteiger partial charge in [0, 0.05) is 24.5 Å². The summed E-state index contributed by atoms with van der Waals surface area (Å²) in [4.78, 5) is 13.7. The maximum Gasteiger partial charge on any atom is 0.241 e. The van der Waals surface area contributed by atoms with Crippen molar-refractivity contribution in [3.05, 3.63) is 23.8 Å². The summed E-state index contributed by atoms with van der Waals surface area (Å²) in [5, 5.41) is 3.14. The number of hydrogen-bond donors (Lipinski definition) is 2. The standard InChI is InChI=1S/C13H19N3O/c1-10-8-11(4-5-12(10)14)15-9-13(17)16-6-2-3-7-16/h4-5,8,15H,2-3,6-7,9,14H2,1H3. The molecular weight excluding hydrogens is 214 g/mol. The molecule has 0 bridgehead atoms. The molecule has 1 heterocycles. The molecule has 3 N–H and O–H groups in total. The van der Waals surface area contributed by atoms with E-state index in [1.54, 1.807) is 0 Å². The Morgan fingerprint density at radius 3 is 2.76 bits per heavy atom. The Morgan fingerprint density at radius 1 is 1.41 bits per heavy atom. The van der Waals surface area contributed by atoms with Crippen molar-refractivity contribution in [2.45, 2.75) is 19.8 Å². The second-order valence-electron chi connectivity index (χ2n) is 4.51. The largest absolute Gasteiger partial charge is 0.399 e. The number of nitrogens with one attached hydrogen (secondary N) is 1.